The van der Waals surface area contributed by atoms with Crippen molar-refractivity contribution in [2.45, 2.75) is 26.4 Å². The third-order valence-electron chi connectivity index (χ3n) is 4.62. The van der Waals surface area contributed by atoms with Crippen LogP contribution in [-0.4, -0.2) is 65.4 Å². The van der Waals surface area contributed by atoms with Gasteiger partial charge in [-0.3, -0.25) is 0 Å². The Labute approximate surface area is 177 Å². The molecule has 0 aliphatic rings. The molecule has 1 heterocycles. The number of hydrogen-bond donors (Lipinski definition) is 1. The van der Waals surface area contributed by atoms with E-state index < -0.39 is 0 Å². The van der Waals surface area contributed by atoms with E-state index in [1.54, 1.807) is 14.2 Å². The van der Waals surface area contributed by atoms with Crippen LogP contribution in [-0.2, 0) is 20.1 Å². The number of aryl methyl sites for hydroxylation is 1. The number of aliphatic imine (C=N–C) groups is 1. The molecule has 29 heavy (non-hydrogen) atoms. The Balaban J connectivity index is 2.15. The molecule has 1 aromatic heterocycles. The van der Waals surface area contributed by atoms with Crippen molar-refractivity contribution in [1.29, 1.82) is 0 Å². The van der Waals surface area contributed by atoms with Gasteiger partial charge in [0, 0.05) is 38.8 Å². The minimum absolute atomic E-state index is 0.465. The predicted molar refractivity (Wildman–Crippen MR) is 119 cm³/mol. The van der Waals surface area contributed by atoms with E-state index in [4.69, 9.17) is 14.5 Å². The van der Waals surface area contributed by atoms with Gasteiger partial charge in [0.1, 0.15) is 23.9 Å². The highest BCUT2D eigenvalue weighted by atomic mass is 32.2. The van der Waals surface area contributed by atoms with Crippen molar-refractivity contribution in [3.63, 3.8) is 0 Å². The summed E-state index contributed by atoms with van der Waals surface area (Å²) in [5.74, 6) is 5.21. The molecule has 0 spiro atoms. The van der Waals surface area contributed by atoms with Crippen molar-refractivity contribution >= 4 is 17.7 Å². The quantitative estimate of drug-likeness (QED) is 0.359. The SMILES string of the molecule is COc1ccc(CN(C)C(=NCc2nnc(C)n2C)NCCCSC)c(OC)c1. The van der Waals surface area contributed by atoms with E-state index in [1.165, 1.54) is 0 Å². The fourth-order valence-corrected chi connectivity index (χ4v) is 3.21. The van der Waals surface area contributed by atoms with E-state index in [-0.39, 0.29) is 0 Å². The number of thioether (sulfide) groups is 1. The lowest BCUT2D eigenvalue weighted by Crippen LogP contribution is -2.39. The first kappa shape index (κ1) is 22.9. The standard InChI is InChI=1S/C20H32N6O2S/c1-15-23-24-19(26(15)3)13-22-20(21-10-7-11-29-6)25(2)14-16-8-9-17(27-4)12-18(16)28-5/h8-9,12H,7,10-11,13-14H2,1-6H3,(H,21,22). The van der Waals surface area contributed by atoms with Crippen LogP contribution in [0.5, 0.6) is 11.5 Å². The molecule has 2 rings (SSSR count). The summed E-state index contributed by atoms with van der Waals surface area (Å²) >= 11 is 1.84. The van der Waals surface area contributed by atoms with Gasteiger partial charge >= 0.3 is 0 Å². The lowest BCUT2D eigenvalue weighted by Gasteiger charge is -2.23. The largest absolute Gasteiger partial charge is 0.497 e. The van der Waals surface area contributed by atoms with Crippen LogP contribution in [0.3, 0.4) is 0 Å². The highest BCUT2D eigenvalue weighted by Gasteiger charge is 2.13. The van der Waals surface area contributed by atoms with Crippen LogP contribution < -0.4 is 14.8 Å². The molecule has 0 radical (unpaired) electrons. The van der Waals surface area contributed by atoms with Gasteiger partial charge < -0.3 is 24.3 Å². The lowest BCUT2D eigenvalue weighted by molar-refractivity contribution is 0.382. The fraction of sp³-hybridized carbons (Fsp3) is 0.550. The number of guanidine groups is 1. The smallest absolute Gasteiger partial charge is 0.194 e. The lowest BCUT2D eigenvalue weighted by atomic mass is 10.2. The number of nitrogens with one attached hydrogen (secondary N) is 1. The summed E-state index contributed by atoms with van der Waals surface area (Å²) in [6, 6.07) is 5.86. The van der Waals surface area contributed by atoms with Crippen LogP contribution in [0.1, 0.15) is 23.6 Å². The normalized spacial score (nSPS) is 11.4. The molecule has 0 saturated heterocycles. The van der Waals surface area contributed by atoms with Crippen molar-refractivity contribution in [3.8, 4) is 11.5 Å². The molecule has 0 saturated carbocycles. The fourth-order valence-electron chi connectivity index (χ4n) is 2.78. The second-order valence-corrected chi connectivity index (χ2v) is 7.65. The third-order valence-corrected chi connectivity index (χ3v) is 5.32. The second kappa shape index (κ2) is 11.5. The number of methoxy groups -OCH3 is 2. The molecule has 0 aliphatic carbocycles. The van der Waals surface area contributed by atoms with Crippen LogP contribution in [0.2, 0.25) is 0 Å². The van der Waals surface area contributed by atoms with Gasteiger partial charge in [0.2, 0.25) is 0 Å². The van der Waals surface area contributed by atoms with Crippen molar-refractivity contribution in [2.75, 3.05) is 39.8 Å². The zero-order valence-corrected chi connectivity index (χ0v) is 19.0. The van der Waals surface area contributed by atoms with Crippen LogP contribution in [0.25, 0.3) is 0 Å². The number of nitrogens with zero attached hydrogens (tertiary/aromatic N) is 5. The zero-order chi connectivity index (χ0) is 21.2. The van der Waals surface area contributed by atoms with Crippen molar-refractivity contribution in [1.82, 2.24) is 25.0 Å². The van der Waals surface area contributed by atoms with Crippen LogP contribution in [0.4, 0.5) is 0 Å². The highest BCUT2D eigenvalue weighted by Crippen LogP contribution is 2.25. The number of aromatic nitrogens is 3. The molecule has 1 N–H and O–H groups in total. The number of ether oxygens (including phenoxy) is 2. The summed E-state index contributed by atoms with van der Waals surface area (Å²) in [5.41, 5.74) is 1.06. The Morgan fingerprint density at radius 1 is 1.28 bits per heavy atom. The van der Waals surface area contributed by atoms with E-state index >= 15 is 0 Å². The Morgan fingerprint density at radius 3 is 2.69 bits per heavy atom. The summed E-state index contributed by atoms with van der Waals surface area (Å²) in [6.45, 7) is 3.91. The maximum atomic E-state index is 5.54. The van der Waals surface area contributed by atoms with Gasteiger partial charge in [-0.25, -0.2) is 4.99 Å². The molecule has 160 valence electrons. The van der Waals surface area contributed by atoms with Gasteiger partial charge in [-0.1, -0.05) is 0 Å². The average Bonchev–Trinajstić information content (AvgIpc) is 3.05. The minimum atomic E-state index is 0.465. The maximum Gasteiger partial charge on any atom is 0.194 e. The van der Waals surface area contributed by atoms with Gasteiger partial charge in [-0.15, -0.1) is 10.2 Å². The van der Waals surface area contributed by atoms with Crippen molar-refractivity contribution in [2.24, 2.45) is 12.0 Å². The summed E-state index contributed by atoms with van der Waals surface area (Å²) in [5, 5.41) is 11.8. The summed E-state index contributed by atoms with van der Waals surface area (Å²) in [6.07, 6.45) is 3.19. The van der Waals surface area contributed by atoms with Crippen LogP contribution in [0, 0.1) is 6.92 Å². The second-order valence-electron chi connectivity index (χ2n) is 6.67. The van der Waals surface area contributed by atoms with Gasteiger partial charge in [-0.2, -0.15) is 11.8 Å². The summed E-state index contributed by atoms with van der Waals surface area (Å²) in [7, 11) is 7.30. The first-order valence-corrected chi connectivity index (χ1v) is 10.9. The highest BCUT2D eigenvalue weighted by molar-refractivity contribution is 7.98. The molecule has 2 aromatic rings. The molecule has 0 bridgehead atoms. The van der Waals surface area contributed by atoms with Gasteiger partial charge in [-0.05, 0) is 37.5 Å². The molecular weight excluding hydrogens is 388 g/mol. The number of benzene rings is 1. The maximum absolute atomic E-state index is 5.54. The molecule has 0 amide bonds. The minimum Gasteiger partial charge on any atom is -0.497 e. The van der Waals surface area contributed by atoms with E-state index in [1.807, 2.05) is 55.5 Å². The topological polar surface area (TPSA) is 76.8 Å². The molecule has 9 heteroatoms. The van der Waals surface area contributed by atoms with E-state index in [0.717, 1.165) is 53.4 Å². The molecule has 0 unspecified atom stereocenters. The Hall–Kier alpha value is -2.42. The van der Waals surface area contributed by atoms with E-state index in [2.05, 4.69) is 26.7 Å². The molecule has 1 aromatic carbocycles. The van der Waals surface area contributed by atoms with E-state index in [0.29, 0.717) is 13.1 Å². The van der Waals surface area contributed by atoms with Crippen molar-refractivity contribution in [3.05, 3.63) is 35.4 Å². The Bertz CT molecular complexity index is 808. The Kier molecular flexibility index (Phi) is 9.11. The number of rotatable bonds is 10. The number of hydrogen-bond acceptors (Lipinski definition) is 6. The predicted octanol–water partition coefficient (Wildman–Crippen LogP) is 2.47. The van der Waals surface area contributed by atoms with Crippen LogP contribution >= 0.6 is 11.8 Å². The van der Waals surface area contributed by atoms with E-state index in [9.17, 15) is 0 Å². The molecule has 0 atom stereocenters. The molecule has 8 nitrogen and oxygen atoms in total. The monoisotopic (exact) mass is 420 g/mol. The Morgan fingerprint density at radius 2 is 2.07 bits per heavy atom. The zero-order valence-electron chi connectivity index (χ0n) is 18.2. The first-order chi connectivity index (χ1) is 14.0. The molecular formula is C20H32N6O2S. The summed E-state index contributed by atoms with van der Waals surface area (Å²) in [4.78, 5) is 6.88. The molecule has 0 aliphatic heterocycles. The first-order valence-electron chi connectivity index (χ1n) is 9.54. The third kappa shape index (κ3) is 6.56. The van der Waals surface area contributed by atoms with Gasteiger partial charge in [0.15, 0.2) is 11.8 Å². The van der Waals surface area contributed by atoms with Crippen molar-refractivity contribution < 1.29 is 9.47 Å². The molecule has 0 fully saturated rings. The summed E-state index contributed by atoms with van der Waals surface area (Å²) < 4.78 is 12.8. The van der Waals surface area contributed by atoms with Gasteiger partial charge in [0.25, 0.3) is 0 Å². The average molecular weight is 421 g/mol. The van der Waals surface area contributed by atoms with Crippen LogP contribution in [0.15, 0.2) is 23.2 Å². The van der Waals surface area contributed by atoms with Gasteiger partial charge in [0.05, 0.1) is 14.2 Å².